The van der Waals surface area contributed by atoms with Crippen molar-refractivity contribution in [3.8, 4) is 0 Å². The number of unbranched alkanes of at least 4 members (excludes halogenated alkanes) is 2. The highest BCUT2D eigenvalue weighted by molar-refractivity contribution is 5.40. The number of aliphatic hydroxyl groups excluding tert-OH is 3. The minimum Gasteiger partial charge on any atom is -0.396 e. The zero-order valence-electron chi connectivity index (χ0n) is 23.9. The van der Waals surface area contributed by atoms with Crippen molar-refractivity contribution < 1.29 is 25.2 Å². The molecule has 0 heterocycles. The van der Waals surface area contributed by atoms with Crippen molar-refractivity contribution in [2.45, 2.75) is 129 Å². The Bertz CT molecular complexity index is 808. The molecule has 7 atom stereocenters. The van der Waals surface area contributed by atoms with Gasteiger partial charge in [-0.2, -0.15) is 0 Å². The molecule has 3 saturated carbocycles. The van der Waals surface area contributed by atoms with Crippen LogP contribution in [0, 0.1) is 23.2 Å². The van der Waals surface area contributed by atoms with Gasteiger partial charge in [-0.05, 0) is 106 Å². The summed E-state index contributed by atoms with van der Waals surface area (Å²) in [5.41, 5.74) is 2.85. The Hall–Kier alpha value is -0.980. The van der Waals surface area contributed by atoms with Gasteiger partial charge in [0.2, 0.25) is 0 Å². The van der Waals surface area contributed by atoms with Crippen LogP contribution in [0.4, 0.5) is 0 Å². The lowest BCUT2D eigenvalue weighted by Crippen LogP contribution is -2.45. The first-order chi connectivity index (χ1) is 17.5. The van der Waals surface area contributed by atoms with Crippen LogP contribution in [0.3, 0.4) is 0 Å². The fourth-order valence-corrected chi connectivity index (χ4v) is 7.54. The van der Waals surface area contributed by atoms with E-state index in [0.717, 1.165) is 50.0 Å². The molecule has 0 bridgehead atoms. The highest BCUT2D eigenvalue weighted by Crippen LogP contribution is 2.60. The van der Waals surface area contributed by atoms with Crippen LogP contribution in [0.2, 0.25) is 0 Å². The SMILES string of the molecule is C=C1/C(=C\C=C2/CCC[C@]3(C)[C@@H]([C@H](C)CCCC(C)(C)O)CC[C@@H]23)C[C@@H](O)[C@@H](OCCCCCO)[C@@H]1O. The number of aliphatic hydroxyl groups is 4. The van der Waals surface area contributed by atoms with E-state index in [1.165, 1.54) is 37.7 Å². The maximum Gasteiger partial charge on any atom is 0.114 e. The molecule has 0 spiro atoms. The van der Waals surface area contributed by atoms with Gasteiger partial charge in [-0.15, -0.1) is 0 Å². The largest absolute Gasteiger partial charge is 0.396 e. The molecule has 0 aromatic rings. The zero-order valence-corrected chi connectivity index (χ0v) is 23.9. The highest BCUT2D eigenvalue weighted by Gasteiger charge is 2.50. The van der Waals surface area contributed by atoms with Crippen LogP contribution in [0.25, 0.3) is 0 Å². The van der Waals surface area contributed by atoms with Crippen molar-refractivity contribution in [1.29, 1.82) is 0 Å². The van der Waals surface area contributed by atoms with Crippen LogP contribution in [-0.2, 0) is 4.74 Å². The summed E-state index contributed by atoms with van der Waals surface area (Å²) < 4.78 is 5.82. The van der Waals surface area contributed by atoms with Gasteiger partial charge in [-0.25, -0.2) is 0 Å². The zero-order chi connectivity index (χ0) is 27.2. The van der Waals surface area contributed by atoms with Gasteiger partial charge >= 0.3 is 0 Å². The van der Waals surface area contributed by atoms with Crippen molar-refractivity contribution in [3.05, 3.63) is 35.5 Å². The molecule has 0 aromatic heterocycles. The molecule has 0 amide bonds. The molecule has 4 N–H and O–H groups in total. The number of hydrogen-bond donors (Lipinski definition) is 4. The summed E-state index contributed by atoms with van der Waals surface area (Å²) in [6, 6.07) is 0. The second-order valence-corrected chi connectivity index (χ2v) is 13.1. The van der Waals surface area contributed by atoms with Gasteiger partial charge in [-0.1, -0.05) is 51.0 Å². The fraction of sp³-hybridized carbons (Fsp3) is 0.812. The average molecular weight is 519 g/mol. The van der Waals surface area contributed by atoms with Gasteiger partial charge in [-0.3, -0.25) is 0 Å². The van der Waals surface area contributed by atoms with Crippen molar-refractivity contribution in [2.75, 3.05) is 13.2 Å². The number of allylic oxidation sites excluding steroid dienone is 3. The minimum atomic E-state index is -0.900. The fourth-order valence-electron chi connectivity index (χ4n) is 7.54. The second-order valence-electron chi connectivity index (χ2n) is 13.1. The third-order valence-corrected chi connectivity index (χ3v) is 9.67. The monoisotopic (exact) mass is 518 g/mol. The summed E-state index contributed by atoms with van der Waals surface area (Å²) in [4.78, 5) is 0. The second kappa shape index (κ2) is 13.4. The summed E-state index contributed by atoms with van der Waals surface area (Å²) in [6.45, 7) is 13.5. The quantitative estimate of drug-likeness (QED) is 0.243. The van der Waals surface area contributed by atoms with Gasteiger partial charge in [0.15, 0.2) is 0 Å². The van der Waals surface area contributed by atoms with E-state index in [0.29, 0.717) is 35.9 Å². The summed E-state index contributed by atoms with van der Waals surface area (Å²) >= 11 is 0. The Balaban J connectivity index is 1.63. The van der Waals surface area contributed by atoms with Gasteiger partial charge in [0.25, 0.3) is 0 Å². The van der Waals surface area contributed by atoms with Crippen molar-refractivity contribution in [1.82, 2.24) is 0 Å². The summed E-state index contributed by atoms with van der Waals surface area (Å²) in [7, 11) is 0. The van der Waals surface area contributed by atoms with Crippen LogP contribution in [0.15, 0.2) is 35.5 Å². The third-order valence-electron chi connectivity index (χ3n) is 9.67. The normalized spacial score (nSPS) is 35.8. The molecule has 37 heavy (non-hydrogen) atoms. The van der Waals surface area contributed by atoms with E-state index in [9.17, 15) is 15.3 Å². The molecule has 3 aliphatic rings. The van der Waals surface area contributed by atoms with Crippen LogP contribution in [-0.4, -0.2) is 57.6 Å². The molecule has 212 valence electrons. The average Bonchev–Trinajstić information content (AvgIpc) is 3.19. The van der Waals surface area contributed by atoms with Crippen LogP contribution in [0.5, 0.6) is 0 Å². The number of fused-ring (bicyclic) bond motifs is 1. The Morgan fingerprint density at radius 1 is 1.14 bits per heavy atom. The minimum absolute atomic E-state index is 0.179. The molecular weight excluding hydrogens is 464 g/mol. The molecule has 3 aliphatic carbocycles. The first kappa shape index (κ1) is 30.6. The topological polar surface area (TPSA) is 90.2 Å². The molecule has 0 aromatic carbocycles. The molecule has 5 heteroatoms. The van der Waals surface area contributed by atoms with E-state index in [1.807, 2.05) is 13.8 Å². The molecule has 0 saturated heterocycles. The Kier molecular flexibility index (Phi) is 11.1. The summed E-state index contributed by atoms with van der Waals surface area (Å²) in [6.07, 6.45) is 14.2. The smallest absolute Gasteiger partial charge is 0.114 e. The number of ether oxygens (including phenoxy) is 1. The Morgan fingerprint density at radius 2 is 1.89 bits per heavy atom. The van der Waals surface area contributed by atoms with Crippen LogP contribution >= 0.6 is 0 Å². The maximum atomic E-state index is 10.8. The van der Waals surface area contributed by atoms with Crippen molar-refractivity contribution in [3.63, 3.8) is 0 Å². The van der Waals surface area contributed by atoms with Crippen LogP contribution < -0.4 is 0 Å². The van der Waals surface area contributed by atoms with Gasteiger partial charge in [0.05, 0.1) is 11.7 Å². The standard InChI is InChI=1S/C32H54O5/c1-22(11-9-17-31(3,4)36)26-15-16-27-24(12-10-18-32(26,27)5)13-14-25-21-28(34)30(29(35)23(25)2)37-20-8-6-7-19-33/h13-14,22,26-30,33-36H,2,6-12,15-21H2,1,3-5H3/b24-13+,25-14-/t22-,26-,27+,28-,29-,30-,32-/m1/s1. The van der Waals surface area contributed by atoms with E-state index in [1.54, 1.807) is 0 Å². The molecule has 0 radical (unpaired) electrons. The number of hydrogen-bond acceptors (Lipinski definition) is 5. The van der Waals surface area contributed by atoms with Gasteiger partial charge < -0.3 is 25.2 Å². The first-order valence-electron chi connectivity index (χ1n) is 14.9. The summed E-state index contributed by atoms with van der Waals surface area (Å²) in [5, 5.41) is 40.6. The van der Waals surface area contributed by atoms with E-state index in [4.69, 9.17) is 9.84 Å². The third kappa shape index (κ3) is 7.79. The lowest BCUT2D eigenvalue weighted by molar-refractivity contribution is -0.0956. The van der Waals surface area contributed by atoms with Crippen molar-refractivity contribution in [2.24, 2.45) is 23.2 Å². The van der Waals surface area contributed by atoms with Gasteiger partial charge in [0.1, 0.15) is 12.2 Å². The summed E-state index contributed by atoms with van der Waals surface area (Å²) in [5.74, 6) is 1.99. The highest BCUT2D eigenvalue weighted by atomic mass is 16.5. The Morgan fingerprint density at radius 3 is 2.59 bits per heavy atom. The lowest BCUT2D eigenvalue weighted by Gasteiger charge is -2.44. The molecule has 5 nitrogen and oxygen atoms in total. The predicted octanol–water partition coefficient (Wildman–Crippen LogP) is 5.86. The lowest BCUT2D eigenvalue weighted by atomic mass is 9.60. The first-order valence-corrected chi connectivity index (χ1v) is 14.9. The van der Waals surface area contributed by atoms with E-state index >= 15 is 0 Å². The molecular formula is C32H54O5. The molecule has 0 aliphatic heterocycles. The molecule has 0 unspecified atom stereocenters. The van der Waals surface area contributed by atoms with Crippen molar-refractivity contribution >= 4 is 0 Å². The van der Waals surface area contributed by atoms with E-state index in [2.05, 4.69) is 32.6 Å². The van der Waals surface area contributed by atoms with Crippen LogP contribution in [0.1, 0.15) is 105 Å². The van der Waals surface area contributed by atoms with E-state index < -0.39 is 23.9 Å². The Labute approximate surface area is 225 Å². The van der Waals surface area contributed by atoms with E-state index in [-0.39, 0.29) is 6.61 Å². The number of rotatable bonds is 12. The molecule has 3 fully saturated rings. The van der Waals surface area contributed by atoms with Gasteiger partial charge in [0, 0.05) is 19.6 Å². The predicted molar refractivity (Wildman–Crippen MR) is 150 cm³/mol. The molecule has 3 rings (SSSR count). The maximum absolute atomic E-state index is 10.8.